The van der Waals surface area contributed by atoms with E-state index in [2.05, 4.69) is 10.1 Å². The maximum atomic E-state index is 11.9. The van der Waals surface area contributed by atoms with Crippen molar-refractivity contribution >= 4 is 5.97 Å². The van der Waals surface area contributed by atoms with Crippen molar-refractivity contribution in [2.45, 2.75) is 6.92 Å². The van der Waals surface area contributed by atoms with Gasteiger partial charge in [0.15, 0.2) is 5.69 Å². The van der Waals surface area contributed by atoms with Crippen LogP contribution in [0.5, 0.6) is 5.75 Å². The number of carbonyl (C=O) groups is 1. The molecule has 7 heteroatoms. The summed E-state index contributed by atoms with van der Waals surface area (Å²) in [6, 6.07) is 7.24. The van der Waals surface area contributed by atoms with E-state index in [0.29, 0.717) is 18.2 Å². The van der Waals surface area contributed by atoms with Crippen LogP contribution in [0.2, 0.25) is 0 Å². The molecule has 0 saturated carbocycles. The summed E-state index contributed by atoms with van der Waals surface area (Å²) < 4.78 is 17.4. The Kier molecular flexibility index (Phi) is 4.33. The standard InChI is InChI=1S/C17H17N3O4/c1-4-23-17(21)13-10-14(20(2)19-13)12-9-11(5-6-15(12)22-3)16-18-7-8-24-16/h5-10H,4H2,1-3H3. The largest absolute Gasteiger partial charge is 0.496 e. The summed E-state index contributed by atoms with van der Waals surface area (Å²) in [5, 5.41) is 4.22. The van der Waals surface area contributed by atoms with Crippen molar-refractivity contribution in [3.8, 4) is 28.5 Å². The predicted molar refractivity (Wildman–Crippen MR) is 86.6 cm³/mol. The summed E-state index contributed by atoms with van der Waals surface area (Å²) in [5.74, 6) is 0.706. The third-order valence-electron chi connectivity index (χ3n) is 3.52. The second-order valence-corrected chi connectivity index (χ2v) is 5.01. The van der Waals surface area contributed by atoms with Gasteiger partial charge in [-0.05, 0) is 31.2 Å². The second kappa shape index (κ2) is 6.57. The van der Waals surface area contributed by atoms with Crippen LogP contribution in [0.1, 0.15) is 17.4 Å². The van der Waals surface area contributed by atoms with Gasteiger partial charge in [-0.25, -0.2) is 9.78 Å². The third kappa shape index (κ3) is 2.88. The summed E-state index contributed by atoms with van der Waals surface area (Å²) in [6.45, 7) is 2.05. The quantitative estimate of drug-likeness (QED) is 0.670. The summed E-state index contributed by atoms with van der Waals surface area (Å²) in [6.07, 6.45) is 3.10. The number of hydrogen-bond acceptors (Lipinski definition) is 6. The van der Waals surface area contributed by atoms with Gasteiger partial charge in [-0.2, -0.15) is 5.10 Å². The highest BCUT2D eigenvalue weighted by atomic mass is 16.5. The minimum absolute atomic E-state index is 0.248. The van der Waals surface area contributed by atoms with Gasteiger partial charge < -0.3 is 13.9 Å². The first-order valence-corrected chi connectivity index (χ1v) is 7.43. The summed E-state index contributed by atoms with van der Waals surface area (Å²) >= 11 is 0. The van der Waals surface area contributed by atoms with Crippen molar-refractivity contribution in [3.05, 3.63) is 42.4 Å². The Hall–Kier alpha value is -3.09. The Bertz CT molecular complexity index is 853. The van der Waals surface area contributed by atoms with Crippen molar-refractivity contribution in [1.82, 2.24) is 14.8 Å². The number of nitrogens with zero attached hydrogens (tertiary/aromatic N) is 3. The second-order valence-electron chi connectivity index (χ2n) is 5.01. The van der Waals surface area contributed by atoms with Gasteiger partial charge in [-0.3, -0.25) is 4.68 Å². The van der Waals surface area contributed by atoms with Crippen molar-refractivity contribution < 1.29 is 18.7 Å². The van der Waals surface area contributed by atoms with E-state index in [9.17, 15) is 4.79 Å². The number of esters is 1. The van der Waals surface area contributed by atoms with Crippen LogP contribution in [-0.2, 0) is 11.8 Å². The highest BCUT2D eigenvalue weighted by Crippen LogP contribution is 2.34. The van der Waals surface area contributed by atoms with E-state index in [1.165, 1.54) is 6.26 Å². The average molecular weight is 327 g/mol. The molecule has 1 aromatic carbocycles. The molecule has 0 amide bonds. The number of rotatable bonds is 5. The highest BCUT2D eigenvalue weighted by molar-refractivity contribution is 5.89. The van der Waals surface area contributed by atoms with Gasteiger partial charge in [0.1, 0.15) is 12.0 Å². The lowest BCUT2D eigenvalue weighted by Gasteiger charge is -2.09. The van der Waals surface area contributed by atoms with Gasteiger partial charge in [0.2, 0.25) is 5.89 Å². The number of oxazole rings is 1. The van der Waals surface area contributed by atoms with Gasteiger partial charge >= 0.3 is 5.97 Å². The molecule has 0 bridgehead atoms. The number of benzene rings is 1. The zero-order valence-electron chi connectivity index (χ0n) is 13.6. The van der Waals surface area contributed by atoms with Crippen molar-refractivity contribution in [2.75, 3.05) is 13.7 Å². The Morgan fingerprint density at radius 1 is 1.33 bits per heavy atom. The normalized spacial score (nSPS) is 10.6. The number of carbonyl (C=O) groups excluding carboxylic acids is 1. The van der Waals surface area contributed by atoms with E-state index in [4.69, 9.17) is 13.9 Å². The molecule has 0 unspecified atom stereocenters. The van der Waals surface area contributed by atoms with E-state index in [1.807, 2.05) is 18.2 Å². The Balaban J connectivity index is 2.08. The molecule has 3 rings (SSSR count). The van der Waals surface area contributed by atoms with Gasteiger partial charge in [-0.15, -0.1) is 0 Å². The highest BCUT2D eigenvalue weighted by Gasteiger charge is 2.18. The van der Waals surface area contributed by atoms with E-state index in [-0.39, 0.29) is 5.69 Å². The lowest BCUT2D eigenvalue weighted by atomic mass is 10.1. The topological polar surface area (TPSA) is 79.4 Å². The molecule has 0 N–H and O–H groups in total. The Labute approximate surface area is 138 Å². The van der Waals surface area contributed by atoms with Crippen LogP contribution in [0.4, 0.5) is 0 Å². The van der Waals surface area contributed by atoms with Gasteiger partial charge in [-0.1, -0.05) is 0 Å². The molecule has 0 aliphatic rings. The van der Waals surface area contributed by atoms with Crippen molar-refractivity contribution in [3.63, 3.8) is 0 Å². The Morgan fingerprint density at radius 3 is 2.83 bits per heavy atom. The molecule has 2 heterocycles. The van der Waals surface area contributed by atoms with E-state index in [1.54, 1.807) is 38.0 Å². The fourth-order valence-corrected chi connectivity index (χ4v) is 2.43. The molecule has 3 aromatic rings. The molecular formula is C17H17N3O4. The van der Waals surface area contributed by atoms with Crippen LogP contribution in [0.3, 0.4) is 0 Å². The molecule has 0 radical (unpaired) electrons. The SMILES string of the molecule is CCOC(=O)c1cc(-c2cc(-c3ncco3)ccc2OC)n(C)n1. The molecule has 0 aliphatic heterocycles. The minimum Gasteiger partial charge on any atom is -0.496 e. The molecule has 2 aromatic heterocycles. The van der Waals surface area contributed by atoms with Crippen LogP contribution in [0.25, 0.3) is 22.7 Å². The van der Waals surface area contributed by atoms with Crippen LogP contribution in [0, 0.1) is 0 Å². The van der Waals surface area contributed by atoms with Gasteiger partial charge in [0, 0.05) is 18.2 Å². The minimum atomic E-state index is -0.456. The number of methoxy groups -OCH3 is 1. The summed E-state index contributed by atoms with van der Waals surface area (Å²) in [4.78, 5) is 16.0. The predicted octanol–water partition coefficient (Wildman–Crippen LogP) is 2.93. The summed E-state index contributed by atoms with van der Waals surface area (Å²) in [7, 11) is 3.35. The molecule has 0 fully saturated rings. The molecule has 24 heavy (non-hydrogen) atoms. The lowest BCUT2D eigenvalue weighted by Crippen LogP contribution is -2.05. The smallest absolute Gasteiger partial charge is 0.358 e. The lowest BCUT2D eigenvalue weighted by molar-refractivity contribution is 0.0518. The summed E-state index contributed by atoms with van der Waals surface area (Å²) in [5.41, 5.74) is 2.55. The maximum Gasteiger partial charge on any atom is 0.358 e. The first-order chi connectivity index (χ1) is 11.6. The number of hydrogen-bond donors (Lipinski definition) is 0. The van der Waals surface area contributed by atoms with Crippen LogP contribution >= 0.6 is 0 Å². The average Bonchev–Trinajstić information content (AvgIpc) is 3.24. The molecule has 0 atom stereocenters. The molecule has 0 aliphatic carbocycles. The van der Waals surface area contributed by atoms with Crippen molar-refractivity contribution in [1.29, 1.82) is 0 Å². The fourth-order valence-electron chi connectivity index (χ4n) is 2.43. The molecule has 7 nitrogen and oxygen atoms in total. The molecule has 0 spiro atoms. The molecule has 0 saturated heterocycles. The van der Waals surface area contributed by atoms with Crippen LogP contribution in [-0.4, -0.2) is 34.5 Å². The molecular weight excluding hydrogens is 310 g/mol. The zero-order valence-corrected chi connectivity index (χ0v) is 13.6. The van der Waals surface area contributed by atoms with Gasteiger partial charge in [0.05, 0.1) is 25.6 Å². The van der Waals surface area contributed by atoms with Crippen LogP contribution in [0.15, 0.2) is 41.1 Å². The van der Waals surface area contributed by atoms with E-state index in [0.717, 1.165) is 16.8 Å². The zero-order chi connectivity index (χ0) is 17.1. The number of aromatic nitrogens is 3. The third-order valence-corrected chi connectivity index (χ3v) is 3.52. The van der Waals surface area contributed by atoms with Gasteiger partial charge in [0.25, 0.3) is 0 Å². The number of ether oxygens (including phenoxy) is 2. The number of aryl methyl sites for hydroxylation is 1. The molecule has 124 valence electrons. The first-order valence-electron chi connectivity index (χ1n) is 7.43. The first kappa shape index (κ1) is 15.8. The van der Waals surface area contributed by atoms with E-state index >= 15 is 0 Å². The van der Waals surface area contributed by atoms with E-state index < -0.39 is 5.97 Å². The fraction of sp³-hybridized carbons (Fsp3) is 0.235. The van der Waals surface area contributed by atoms with Crippen LogP contribution < -0.4 is 4.74 Å². The Morgan fingerprint density at radius 2 is 2.17 bits per heavy atom. The maximum absolute atomic E-state index is 11.9. The monoisotopic (exact) mass is 327 g/mol. The van der Waals surface area contributed by atoms with Crippen molar-refractivity contribution in [2.24, 2.45) is 7.05 Å².